The van der Waals surface area contributed by atoms with Gasteiger partial charge in [0.25, 0.3) is 0 Å². The summed E-state index contributed by atoms with van der Waals surface area (Å²) in [6.45, 7) is 1.91. The molecule has 0 saturated heterocycles. The van der Waals surface area contributed by atoms with Crippen LogP contribution in [-0.4, -0.2) is 22.1 Å². The Morgan fingerprint density at radius 3 is 2.42 bits per heavy atom. The number of phenolic OH excluding ortho intramolecular Hbond substituents is 1. The van der Waals surface area contributed by atoms with Gasteiger partial charge in [-0.1, -0.05) is 19.8 Å². The van der Waals surface area contributed by atoms with E-state index in [0.29, 0.717) is 0 Å². The van der Waals surface area contributed by atoms with Crippen LogP contribution in [0.25, 0.3) is 0 Å². The zero-order valence-corrected chi connectivity index (χ0v) is 10.8. The van der Waals surface area contributed by atoms with Crippen molar-refractivity contribution >= 4 is 17.6 Å². The number of phenols is 1. The lowest BCUT2D eigenvalue weighted by molar-refractivity contribution is -0.124. The van der Waals surface area contributed by atoms with Gasteiger partial charge in [0.05, 0.1) is 11.3 Å². The lowest BCUT2D eigenvalue weighted by Crippen LogP contribution is -2.30. The second-order valence-electron chi connectivity index (χ2n) is 5.26. The Morgan fingerprint density at radius 2 is 1.89 bits per heavy atom. The van der Waals surface area contributed by atoms with E-state index < -0.39 is 11.4 Å². The van der Waals surface area contributed by atoms with Crippen molar-refractivity contribution in [3.63, 3.8) is 0 Å². The number of nitrogens with one attached hydrogen (secondary N) is 1. The van der Waals surface area contributed by atoms with Crippen molar-refractivity contribution in [1.29, 1.82) is 0 Å². The van der Waals surface area contributed by atoms with Crippen LogP contribution < -0.4 is 5.32 Å². The summed E-state index contributed by atoms with van der Waals surface area (Å²) >= 11 is 0. The van der Waals surface area contributed by atoms with E-state index in [1.54, 1.807) is 0 Å². The molecule has 1 aliphatic rings. The van der Waals surface area contributed by atoms with Gasteiger partial charge >= 0.3 is 5.97 Å². The van der Waals surface area contributed by atoms with Crippen molar-refractivity contribution in [3.8, 4) is 5.75 Å². The first-order chi connectivity index (χ1) is 8.92. The molecule has 0 spiro atoms. The third kappa shape index (κ3) is 2.70. The van der Waals surface area contributed by atoms with Gasteiger partial charge in [-0.25, -0.2) is 4.79 Å². The van der Waals surface area contributed by atoms with Crippen molar-refractivity contribution in [3.05, 3.63) is 23.8 Å². The number of carbonyl (C=O) groups excluding carboxylic acids is 1. The predicted octanol–water partition coefficient (Wildman–Crippen LogP) is 2.61. The highest BCUT2D eigenvalue weighted by Crippen LogP contribution is 2.39. The van der Waals surface area contributed by atoms with E-state index in [4.69, 9.17) is 5.11 Å². The minimum Gasteiger partial charge on any atom is -0.506 e. The molecular formula is C14H17NO4. The number of hydrogen-bond acceptors (Lipinski definition) is 3. The summed E-state index contributed by atoms with van der Waals surface area (Å²) in [6.07, 6.45) is 3.75. The molecule has 5 heteroatoms. The summed E-state index contributed by atoms with van der Waals surface area (Å²) in [5.41, 5.74) is -0.150. The van der Waals surface area contributed by atoms with Crippen molar-refractivity contribution in [2.45, 2.75) is 32.6 Å². The smallest absolute Gasteiger partial charge is 0.335 e. The molecule has 0 aliphatic heterocycles. The predicted molar refractivity (Wildman–Crippen MR) is 70.3 cm³/mol. The Hall–Kier alpha value is -2.04. The standard InChI is InChI=1S/C14H17NO4/c1-14(6-2-3-7-14)13(19)15-10-5-4-9(12(17)18)8-11(10)16/h4-5,8,16H,2-3,6-7H2,1H3,(H,15,19)(H,17,18). The second-order valence-corrected chi connectivity index (χ2v) is 5.26. The highest BCUT2D eigenvalue weighted by Gasteiger charge is 2.36. The van der Waals surface area contributed by atoms with Gasteiger partial charge in [0.2, 0.25) is 5.91 Å². The van der Waals surface area contributed by atoms with Gasteiger partial charge in [-0.15, -0.1) is 0 Å². The molecule has 0 unspecified atom stereocenters. The van der Waals surface area contributed by atoms with E-state index >= 15 is 0 Å². The molecule has 1 amide bonds. The van der Waals surface area contributed by atoms with Crippen LogP contribution in [0.3, 0.4) is 0 Å². The highest BCUT2D eigenvalue weighted by molar-refractivity contribution is 5.97. The number of aromatic hydroxyl groups is 1. The molecule has 0 atom stereocenters. The number of benzene rings is 1. The van der Waals surface area contributed by atoms with E-state index in [0.717, 1.165) is 31.7 Å². The van der Waals surface area contributed by atoms with Crippen LogP contribution in [0, 0.1) is 5.41 Å². The van der Waals surface area contributed by atoms with Gasteiger partial charge in [0, 0.05) is 5.41 Å². The third-order valence-electron chi connectivity index (χ3n) is 3.75. The van der Waals surface area contributed by atoms with Crippen LogP contribution in [0.1, 0.15) is 43.0 Å². The summed E-state index contributed by atoms with van der Waals surface area (Å²) in [4.78, 5) is 22.9. The second kappa shape index (κ2) is 4.91. The first-order valence-electron chi connectivity index (χ1n) is 6.30. The van der Waals surface area contributed by atoms with Crippen LogP contribution in [0.4, 0.5) is 5.69 Å². The lowest BCUT2D eigenvalue weighted by Gasteiger charge is -2.22. The number of rotatable bonds is 3. The Kier molecular flexibility index (Phi) is 3.46. The molecular weight excluding hydrogens is 246 g/mol. The van der Waals surface area contributed by atoms with Crippen molar-refractivity contribution in [1.82, 2.24) is 0 Å². The van der Waals surface area contributed by atoms with Crippen LogP contribution >= 0.6 is 0 Å². The number of anilines is 1. The average Bonchev–Trinajstić information content (AvgIpc) is 2.80. The van der Waals surface area contributed by atoms with Gasteiger partial charge < -0.3 is 15.5 Å². The zero-order chi connectivity index (χ0) is 14.0. The molecule has 1 aliphatic carbocycles. The Labute approximate surface area is 111 Å². The molecule has 1 fully saturated rings. The van der Waals surface area contributed by atoms with E-state index in [1.165, 1.54) is 12.1 Å². The minimum absolute atomic E-state index is 0.0115. The van der Waals surface area contributed by atoms with Gasteiger partial charge in [0.15, 0.2) is 0 Å². The number of amides is 1. The molecule has 1 aromatic carbocycles. The van der Waals surface area contributed by atoms with E-state index in [2.05, 4.69) is 5.32 Å². The molecule has 0 heterocycles. The fourth-order valence-corrected chi connectivity index (χ4v) is 2.43. The SMILES string of the molecule is CC1(C(=O)Nc2ccc(C(=O)O)cc2O)CCCC1. The summed E-state index contributed by atoms with van der Waals surface area (Å²) < 4.78 is 0. The summed E-state index contributed by atoms with van der Waals surface area (Å²) in [5, 5.41) is 21.2. The Morgan fingerprint density at radius 1 is 1.26 bits per heavy atom. The van der Waals surface area contributed by atoms with Crippen molar-refractivity contribution in [2.75, 3.05) is 5.32 Å². The van der Waals surface area contributed by atoms with Crippen LogP contribution in [0.5, 0.6) is 5.75 Å². The number of hydrogen-bond donors (Lipinski definition) is 3. The first kappa shape index (κ1) is 13.4. The summed E-state index contributed by atoms with van der Waals surface area (Å²) in [6, 6.07) is 3.90. The number of carboxylic acids is 1. The molecule has 102 valence electrons. The number of aromatic carboxylic acids is 1. The van der Waals surface area contributed by atoms with Crippen LogP contribution in [0.15, 0.2) is 18.2 Å². The number of carbonyl (C=O) groups is 2. The van der Waals surface area contributed by atoms with Crippen LogP contribution in [-0.2, 0) is 4.79 Å². The van der Waals surface area contributed by atoms with Gasteiger partial charge in [-0.05, 0) is 31.0 Å². The molecule has 0 bridgehead atoms. The van der Waals surface area contributed by atoms with E-state index in [1.807, 2.05) is 6.92 Å². The molecule has 0 radical (unpaired) electrons. The van der Waals surface area contributed by atoms with E-state index in [-0.39, 0.29) is 22.9 Å². The quantitative estimate of drug-likeness (QED) is 0.731. The van der Waals surface area contributed by atoms with Crippen molar-refractivity contribution in [2.24, 2.45) is 5.41 Å². The normalized spacial score (nSPS) is 17.1. The van der Waals surface area contributed by atoms with E-state index in [9.17, 15) is 14.7 Å². The maximum Gasteiger partial charge on any atom is 0.335 e. The monoisotopic (exact) mass is 263 g/mol. The fourth-order valence-electron chi connectivity index (χ4n) is 2.43. The molecule has 3 N–H and O–H groups in total. The zero-order valence-electron chi connectivity index (χ0n) is 10.8. The molecule has 19 heavy (non-hydrogen) atoms. The Balaban J connectivity index is 2.15. The average molecular weight is 263 g/mol. The largest absolute Gasteiger partial charge is 0.506 e. The minimum atomic E-state index is -1.11. The Bertz CT molecular complexity index is 518. The first-order valence-corrected chi connectivity index (χ1v) is 6.30. The lowest BCUT2D eigenvalue weighted by atomic mass is 9.88. The summed E-state index contributed by atoms with van der Waals surface area (Å²) in [7, 11) is 0. The van der Waals surface area contributed by atoms with Crippen molar-refractivity contribution < 1.29 is 19.8 Å². The molecule has 5 nitrogen and oxygen atoms in total. The molecule has 0 aromatic heterocycles. The fraction of sp³-hybridized carbons (Fsp3) is 0.429. The van der Waals surface area contributed by atoms with Crippen LogP contribution in [0.2, 0.25) is 0 Å². The third-order valence-corrected chi connectivity index (χ3v) is 3.75. The summed E-state index contributed by atoms with van der Waals surface area (Å²) in [5.74, 6) is -1.46. The van der Waals surface area contributed by atoms with Gasteiger partial charge in [-0.2, -0.15) is 0 Å². The van der Waals surface area contributed by atoms with Gasteiger partial charge in [-0.3, -0.25) is 4.79 Å². The number of carboxylic acid groups (broad SMARTS) is 1. The topological polar surface area (TPSA) is 86.6 Å². The highest BCUT2D eigenvalue weighted by atomic mass is 16.4. The molecule has 1 saturated carbocycles. The maximum absolute atomic E-state index is 12.2. The maximum atomic E-state index is 12.2. The van der Waals surface area contributed by atoms with Gasteiger partial charge in [0.1, 0.15) is 5.75 Å². The molecule has 1 aromatic rings. The molecule has 2 rings (SSSR count).